The number of hydrogen-bond acceptors (Lipinski definition) is 3. The number of carbonyl (C=O) groups excluding carboxylic acids is 1. The second-order valence-electron chi connectivity index (χ2n) is 4.32. The molecule has 1 unspecified atom stereocenters. The topological polar surface area (TPSA) is 92.4 Å². The minimum Gasteiger partial charge on any atom is -0.481 e. The van der Waals surface area contributed by atoms with Crippen LogP contribution in [0.15, 0.2) is 28.7 Å². The number of rotatable bonds is 6. The first-order valence-electron chi connectivity index (χ1n) is 5.93. The van der Waals surface area contributed by atoms with Crippen LogP contribution >= 0.6 is 15.9 Å². The van der Waals surface area contributed by atoms with Gasteiger partial charge in [0.15, 0.2) is 0 Å². The first-order chi connectivity index (χ1) is 8.90. The maximum absolute atomic E-state index is 11.8. The van der Waals surface area contributed by atoms with E-state index in [0.29, 0.717) is 0 Å². The molecule has 0 radical (unpaired) electrons. The van der Waals surface area contributed by atoms with Crippen LogP contribution in [0, 0.1) is 0 Å². The summed E-state index contributed by atoms with van der Waals surface area (Å²) in [6, 6.07) is 6.61. The minimum atomic E-state index is -0.955. The molecule has 1 rings (SSSR count). The van der Waals surface area contributed by atoms with Gasteiger partial charge in [-0.15, -0.1) is 0 Å². The highest BCUT2D eigenvalue weighted by molar-refractivity contribution is 9.10. The van der Waals surface area contributed by atoms with E-state index in [1.54, 1.807) is 0 Å². The molecule has 2 atom stereocenters. The van der Waals surface area contributed by atoms with Crippen molar-refractivity contribution < 1.29 is 14.7 Å². The number of nitrogens with one attached hydrogen (secondary N) is 1. The Kier molecular flexibility index (Phi) is 5.98. The van der Waals surface area contributed by atoms with Gasteiger partial charge in [-0.05, 0) is 31.0 Å². The van der Waals surface area contributed by atoms with Gasteiger partial charge in [0.2, 0.25) is 5.91 Å². The summed E-state index contributed by atoms with van der Waals surface area (Å²) in [6.45, 7) is 1.85. The first kappa shape index (κ1) is 15.7. The van der Waals surface area contributed by atoms with Gasteiger partial charge in [-0.1, -0.05) is 28.1 Å². The molecule has 0 saturated carbocycles. The largest absolute Gasteiger partial charge is 0.481 e. The molecule has 1 amide bonds. The van der Waals surface area contributed by atoms with Crippen LogP contribution in [0.4, 0.5) is 0 Å². The van der Waals surface area contributed by atoms with Gasteiger partial charge in [-0.2, -0.15) is 0 Å². The van der Waals surface area contributed by atoms with Crippen molar-refractivity contribution in [2.24, 2.45) is 5.73 Å². The molecule has 0 aliphatic rings. The van der Waals surface area contributed by atoms with Gasteiger partial charge in [-0.25, -0.2) is 0 Å². The Balaban J connectivity index is 2.54. The van der Waals surface area contributed by atoms with Crippen LogP contribution in [0.5, 0.6) is 0 Å². The van der Waals surface area contributed by atoms with Crippen LogP contribution in [0.2, 0.25) is 0 Å². The monoisotopic (exact) mass is 328 g/mol. The number of carboxylic acid groups (broad SMARTS) is 1. The number of nitrogens with two attached hydrogens (primary N) is 1. The number of halogens is 1. The van der Waals surface area contributed by atoms with E-state index in [9.17, 15) is 9.59 Å². The molecule has 0 fully saturated rings. The van der Waals surface area contributed by atoms with Crippen LogP contribution in [-0.4, -0.2) is 23.0 Å². The molecule has 0 spiro atoms. The maximum atomic E-state index is 11.8. The molecule has 1 aromatic rings. The molecule has 0 aliphatic heterocycles. The summed E-state index contributed by atoms with van der Waals surface area (Å²) in [7, 11) is 0. The Morgan fingerprint density at radius 3 is 2.74 bits per heavy atom. The lowest BCUT2D eigenvalue weighted by atomic mass is 10.1. The van der Waals surface area contributed by atoms with Crippen molar-refractivity contribution in [3.63, 3.8) is 0 Å². The Morgan fingerprint density at radius 2 is 2.16 bits per heavy atom. The molecule has 5 nitrogen and oxygen atoms in total. The Hall–Kier alpha value is -1.40. The summed E-state index contributed by atoms with van der Waals surface area (Å²) >= 11 is 3.36. The van der Waals surface area contributed by atoms with E-state index in [-0.39, 0.29) is 24.8 Å². The SMILES string of the molecule is C[C@@H](NC(=O)C(N)CCC(=O)O)c1cccc(Br)c1. The smallest absolute Gasteiger partial charge is 0.303 e. The summed E-state index contributed by atoms with van der Waals surface area (Å²) in [4.78, 5) is 22.2. The van der Waals surface area contributed by atoms with Crippen LogP contribution < -0.4 is 11.1 Å². The molecule has 1 aromatic carbocycles. The van der Waals surface area contributed by atoms with Gasteiger partial charge in [0.05, 0.1) is 12.1 Å². The third-order valence-electron chi connectivity index (χ3n) is 2.71. The predicted octanol–water partition coefficient (Wildman–Crippen LogP) is 1.82. The van der Waals surface area contributed by atoms with Gasteiger partial charge < -0.3 is 16.2 Å². The van der Waals surface area contributed by atoms with Crippen molar-refractivity contribution in [1.29, 1.82) is 0 Å². The molecule has 0 heterocycles. The summed E-state index contributed by atoms with van der Waals surface area (Å²) in [6.07, 6.45) is 0.0201. The molecular weight excluding hydrogens is 312 g/mol. The first-order valence-corrected chi connectivity index (χ1v) is 6.72. The quantitative estimate of drug-likeness (QED) is 0.742. The number of hydrogen-bond donors (Lipinski definition) is 3. The third-order valence-corrected chi connectivity index (χ3v) is 3.21. The van der Waals surface area contributed by atoms with Crippen LogP contribution in [0.3, 0.4) is 0 Å². The summed E-state index contributed by atoms with van der Waals surface area (Å²) in [5, 5.41) is 11.3. The van der Waals surface area contributed by atoms with E-state index in [1.807, 2.05) is 31.2 Å². The van der Waals surface area contributed by atoms with E-state index >= 15 is 0 Å². The highest BCUT2D eigenvalue weighted by Gasteiger charge is 2.17. The Bertz CT molecular complexity index is 465. The number of carbonyl (C=O) groups is 2. The van der Waals surface area contributed by atoms with E-state index < -0.39 is 12.0 Å². The van der Waals surface area contributed by atoms with Crippen molar-refractivity contribution in [3.8, 4) is 0 Å². The van der Waals surface area contributed by atoms with Gasteiger partial charge in [0, 0.05) is 10.9 Å². The lowest BCUT2D eigenvalue weighted by Gasteiger charge is -2.17. The van der Waals surface area contributed by atoms with Crippen LogP contribution in [0.25, 0.3) is 0 Å². The maximum Gasteiger partial charge on any atom is 0.303 e. The zero-order valence-corrected chi connectivity index (χ0v) is 12.2. The van der Waals surface area contributed by atoms with Gasteiger partial charge >= 0.3 is 5.97 Å². The number of benzene rings is 1. The minimum absolute atomic E-state index is 0.111. The standard InChI is InChI=1S/C13H17BrN2O3/c1-8(9-3-2-4-10(14)7-9)16-13(19)11(15)5-6-12(17)18/h2-4,7-8,11H,5-6,15H2,1H3,(H,16,19)(H,17,18)/t8-,11?/m1/s1. The molecule has 0 aliphatic carbocycles. The predicted molar refractivity (Wildman–Crippen MR) is 75.5 cm³/mol. The summed E-state index contributed by atoms with van der Waals surface area (Å²) in [5.74, 6) is -1.29. The normalized spacial score (nSPS) is 13.6. The van der Waals surface area contributed by atoms with Crippen molar-refractivity contribution >= 4 is 27.8 Å². The molecular formula is C13H17BrN2O3. The summed E-state index contributed by atoms with van der Waals surface area (Å²) in [5.41, 5.74) is 6.59. The zero-order chi connectivity index (χ0) is 14.4. The van der Waals surface area contributed by atoms with Crippen LogP contribution in [-0.2, 0) is 9.59 Å². The van der Waals surface area contributed by atoms with Crippen LogP contribution in [0.1, 0.15) is 31.4 Å². The number of aliphatic carboxylic acids is 1. The zero-order valence-electron chi connectivity index (χ0n) is 10.6. The van der Waals surface area contributed by atoms with E-state index in [1.165, 1.54) is 0 Å². The highest BCUT2D eigenvalue weighted by Crippen LogP contribution is 2.17. The molecule has 19 heavy (non-hydrogen) atoms. The molecule has 0 saturated heterocycles. The van der Waals surface area contributed by atoms with E-state index in [4.69, 9.17) is 10.8 Å². The lowest BCUT2D eigenvalue weighted by Crippen LogP contribution is -2.41. The van der Waals surface area contributed by atoms with Crippen molar-refractivity contribution in [2.45, 2.75) is 31.8 Å². The Morgan fingerprint density at radius 1 is 1.47 bits per heavy atom. The van der Waals surface area contributed by atoms with Crippen molar-refractivity contribution in [1.82, 2.24) is 5.32 Å². The van der Waals surface area contributed by atoms with Crippen molar-refractivity contribution in [2.75, 3.05) is 0 Å². The lowest BCUT2D eigenvalue weighted by molar-refractivity contribution is -0.137. The average molecular weight is 329 g/mol. The second kappa shape index (κ2) is 7.25. The van der Waals surface area contributed by atoms with Gasteiger partial charge in [-0.3, -0.25) is 9.59 Å². The molecule has 0 bridgehead atoms. The average Bonchev–Trinajstić information content (AvgIpc) is 2.35. The van der Waals surface area contributed by atoms with E-state index in [0.717, 1.165) is 10.0 Å². The van der Waals surface area contributed by atoms with Gasteiger partial charge in [0.1, 0.15) is 0 Å². The fourth-order valence-electron chi connectivity index (χ4n) is 1.59. The third kappa shape index (κ3) is 5.40. The molecule has 104 valence electrons. The molecule has 4 N–H and O–H groups in total. The second-order valence-corrected chi connectivity index (χ2v) is 5.24. The Labute approximate surface area is 120 Å². The number of amides is 1. The van der Waals surface area contributed by atoms with Crippen molar-refractivity contribution in [3.05, 3.63) is 34.3 Å². The van der Waals surface area contributed by atoms with Gasteiger partial charge in [0.25, 0.3) is 0 Å². The molecule has 6 heteroatoms. The number of carboxylic acids is 1. The highest BCUT2D eigenvalue weighted by atomic mass is 79.9. The van der Waals surface area contributed by atoms with E-state index in [2.05, 4.69) is 21.2 Å². The summed E-state index contributed by atoms with van der Waals surface area (Å²) < 4.78 is 0.932. The fraction of sp³-hybridized carbons (Fsp3) is 0.385. The molecule has 0 aromatic heterocycles. The fourth-order valence-corrected chi connectivity index (χ4v) is 2.01.